The van der Waals surface area contributed by atoms with Crippen LogP contribution < -0.4 is 4.74 Å². The number of nitrogens with zero attached hydrogens (tertiary/aromatic N) is 2. The largest absolute Gasteiger partial charge is 0.489 e. The van der Waals surface area contributed by atoms with Gasteiger partial charge in [-0.3, -0.25) is 0 Å². The van der Waals surface area contributed by atoms with Crippen molar-refractivity contribution in [2.24, 2.45) is 0 Å². The summed E-state index contributed by atoms with van der Waals surface area (Å²) in [7, 11) is 2.14. The monoisotopic (exact) mass is 394 g/mol. The predicted molar refractivity (Wildman–Crippen MR) is 108 cm³/mol. The minimum atomic E-state index is 0.401. The van der Waals surface area contributed by atoms with Crippen LogP contribution in [0.2, 0.25) is 10.0 Å². The zero-order chi connectivity index (χ0) is 17.8. The summed E-state index contributed by atoms with van der Waals surface area (Å²) < 4.78 is 5.82. The molecule has 1 fully saturated rings. The average molecular weight is 395 g/mol. The Bertz CT molecular complexity index is 744. The Kier molecular flexibility index (Phi) is 6.18. The molecule has 1 aliphatic heterocycles. The van der Waals surface area contributed by atoms with E-state index in [2.05, 4.69) is 16.8 Å². The van der Waals surface area contributed by atoms with Gasteiger partial charge in [0.25, 0.3) is 0 Å². The molecule has 1 heterocycles. The molecule has 3 nitrogen and oxygen atoms in total. The van der Waals surface area contributed by atoms with Gasteiger partial charge in [-0.25, -0.2) is 0 Å². The third kappa shape index (κ3) is 4.85. The second kappa shape index (κ2) is 8.37. The highest BCUT2D eigenvalue weighted by Gasteiger charge is 2.17. The molecule has 0 amide bonds. The molecular weight excluding hydrogens is 375 g/mol. The molecule has 0 saturated carbocycles. The molecule has 0 N–H and O–H groups in total. The van der Waals surface area contributed by atoms with Gasteiger partial charge in [-0.15, -0.1) is 0 Å². The number of hydrogen-bond donors (Lipinski definition) is 0. The highest BCUT2D eigenvalue weighted by Crippen LogP contribution is 2.23. The molecule has 2 aromatic rings. The number of piperazine rings is 1. The summed E-state index contributed by atoms with van der Waals surface area (Å²) in [5, 5.41) is 1.23. The number of likely N-dealkylation sites (N-methyl/N-ethyl adjacent to an activating group) is 1. The SMILES string of the molecule is CN1CCN(C(=S)c2ccc(OCc3ccc(Cl)cc3Cl)cc2)CC1. The minimum Gasteiger partial charge on any atom is -0.489 e. The standard InChI is InChI=1S/C19H20Cl2N2OS/c1-22-8-10-23(11-9-22)19(25)14-3-6-17(7-4-14)24-13-15-2-5-16(20)12-18(15)21/h2-7,12H,8-11,13H2,1H3. The summed E-state index contributed by atoms with van der Waals surface area (Å²) >= 11 is 17.7. The number of thiocarbonyl (C=S) groups is 1. The first kappa shape index (κ1) is 18.5. The molecule has 0 radical (unpaired) electrons. The van der Waals surface area contributed by atoms with Crippen LogP contribution in [0.3, 0.4) is 0 Å². The fraction of sp³-hybridized carbons (Fsp3) is 0.316. The fourth-order valence-corrected chi connectivity index (χ4v) is 3.47. The maximum Gasteiger partial charge on any atom is 0.119 e. The smallest absolute Gasteiger partial charge is 0.119 e. The van der Waals surface area contributed by atoms with Gasteiger partial charge < -0.3 is 14.5 Å². The third-order valence-corrected chi connectivity index (χ3v) is 5.38. The lowest BCUT2D eigenvalue weighted by molar-refractivity contribution is 0.218. The zero-order valence-electron chi connectivity index (χ0n) is 14.0. The van der Waals surface area contributed by atoms with Crippen LogP contribution in [0.4, 0.5) is 0 Å². The highest BCUT2D eigenvalue weighted by molar-refractivity contribution is 7.80. The molecule has 132 valence electrons. The van der Waals surface area contributed by atoms with Crippen molar-refractivity contribution in [1.82, 2.24) is 9.80 Å². The molecule has 2 aromatic carbocycles. The Morgan fingerprint density at radius 2 is 1.72 bits per heavy atom. The first-order valence-electron chi connectivity index (χ1n) is 8.17. The summed E-state index contributed by atoms with van der Waals surface area (Å²) in [6.07, 6.45) is 0. The first-order valence-corrected chi connectivity index (χ1v) is 9.34. The lowest BCUT2D eigenvalue weighted by Gasteiger charge is -2.34. The highest BCUT2D eigenvalue weighted by atomic mass is 35.5. The van der Waals surface area contributed by atoms with E-state index in [-0.39, 0.29) is 0 Å². The quantitative estimate of drug-likeness (QED) is 0.709. The van der Waals surface area contributed by atoms with Crippen molar-refractivity contribution in [3.8, 4) is 5.75 Å². The second-order valence-electron chi connectivity index (χ2n) is 6.14. The van der Waals surface area contributed by atoms with Crippen molar-refractivity contribution in [2.45, 2.75) is 6.61 Å². The molecule has 0 bridgehead atoms. The van der Waals surface area contributed by atoms with E-state index >= 15 is 0 Å². The van der Waals surface area contributed by atoms with Crippen LogP contribution in [-0.2, 0) is 6.61 Å². The average Bonchev–Trinajstić information content (AvgIpc) is 2.61. The lowest BCUT2D eigenvalue weighted by atomic mass is 10.2. The van der Waals surface area contributed by atoms with Gasteiger partial charge in [-0.1, -0.05) is 41.5 Å². The minimum absolute atomic E-state index is 0.401. The molecule has 1 saturated heterocycles. The van der Waals surface area contributed by atoms with E-state index in [1.165, 1.54) is 0 Å². The maximum atomic E-state index is 6.17. The molecular formula is C19H20Cl2N2OS. The van der Waals surface area contributed by atoms with E-state index in [0.29, 0.717) is 16.7 Å². The van der Waals surface area contributed by atoms with Gasteiger partial charge >= 0.3 is 0 Å². The Labute approximate surface area is 164 Å². The van der Waals surface area contributed by atoms with Crippen LogP contribution in [0.25, 0.3) is 0 Å². The van der Waals surface area contributed by atoms with E-state index in [4.69, 9.17) is 40.2 Å². The van der Waals surface area contributed by atoms with E-state index in [0.717, 1.165) is 48.0 Å². The van der Waals surface area contributed by atoms with Gasteiger partial charge in [0.1, 0.15) is 17.3 Å². The molecule has 0 spiro atoms. The van der Waals surface area contributed by atoms with E-state index < -0.39 is 0 Å². The van der Waals surface area contributed by atoms with Crippen molar-refractivity contribution < 1.29 is 4.74 Å². The fourth-order valence-electron chi connectivity index (χ4n) is 2.69. The Balaban J connectivity index is 1.59. The second-order valence-corrected chi connectivity index (χ2v) is 7.37. The van der Waals surface area contributed by atoms with Crippen LogP contribution in [0.15, 0.2) is 42.5 Å². The molecule has 3 rings (SSSR count). The molecule has 0 atom stereocenters. The Morgan fingerprint density at radius 1 is 1.04 bits per heavy atom. The Morgan fingerprint density at radius 3 is 2.36 bits per heavy atom. The van der Waals surface area contributed by atoms with Gasteiger partial charge in [-0.05, 0) is 43.4 Å². The molecule has 0 unspecified atom stereocenters. The van der Waals surface area contributed by atoms with Gasteiger partial charge in [0.05, 0.1) is 0 Å². The van der Waals surface area contributed by atoms with Crippen LogP contribution in [-0.4, -0.2) is 48.0 Å². The number of halogens is 2. The van der Waals surface area contributed by atoms with Crippen LogP contribution in [0, 0.1) is 0 Å². The van der Waals surface area contributed by atoms with Crippen molar-refractivity contribution in [1.29, 1.82) is 0 Å². The lowest BCUT2D eigenvalue weighted by Crippen LogP contribution is -2.46. The number of ether oxygens (including phenoxy) is 1. The van der Waals surface area contributed by atoms with Gasteiger partial charge in [-0.2, -0.15) is 0 Å². The predicted octanol–water partition coefficient (Wildman–Crippen LogP) is 4.50. The van der Waals surface area contributed by atoms with Gasteiger partial charge in [0.15, 0.2) is 0 Å². The summed E-state index contributed by atoms with van der Waals surface area (Å²) in [5.41, 5.74) is 1.96. The van der Waals surface area contributed by atoms with Crippen LogP contribution in [0.5, 0.6) is 5.75 Å². The summed E-state index contributed by atoms with van der Waals surface area (Å²) in [5.74, 6) is 0.788. The van der Waals surface area contributed by atoms with Gasteiger partial charge in [0, 0.05) is 47.4 Å². The van der Waals surface area contributed by atoms with Crippen LogP contribution >= 0.6 is 35.4 Å². The van der Waals surface area contributed by atoms with Crippen molar-refractivity contribution >= 4 is 40.4 Å². The molecule has 6 heteroatoms. The van der Waals surface area contributed by atoms with E-state index in [1.807, 2.05) is 36.4 Å². The molecule has 1 aliphatic rings. The molecule has 0 aliphatic carbocycles. The topological polar surface area (TPSA) is 15.7 Å². The third-order valence-electron chi connectivity index (χ3n) is 4.30. The van der Waals surface area contributed by atoms with Gasteiger partial charge in [0.2, 0.25) is 0 Å². The number of benzene rings is 2. The number of rotatable bonds is 4. The van der Waals surface area contributed by atoms with Crippen molar-refractivity contribution in [3.05, 3.63) is 63.6 Å². The first-order chi connectivity index (χ1) is 12.0. The summed E-state index contributed by atoms with van der Waals surface area (Å²) in [4.78, 5) is 5.48. The normalized spacial score (nSPS) is 15.2. The summed E-state index contributed by atoms with van der Waals surface area (Å²) in [6, 6.07) is 13.3. The van der Waals surface area contributed by atoms with Crippen LogP contribution in [0.1, 0.15) is 11.1 Å². The maximum absolute atomic E-state index is 6.17. The van der Waals surface area contributed by atoms with E-state index in [9.17, 15) is 0 Å². The zero-order valence-corrected chi connectivity index (χ0v) is 16.4. The number of hydrogen-bond acceptors (Lipinski definition) is 3. The summed E-state index contributed by atoms with van der Waals surface area (Å²) in [6.45, 7) is 4.44. The molecule has 25 heavy (non-hydrogen) atoms. The van der Waals surface area contributed by atoms with Crippen molar-refractivity contribution in [2.75, 3.05) is 33.2 Å². The van der Waals surface area contributed by atoms with Crippen molar-refractivity contribution in [3.63, 3.8) is 0 Å². The Hall–Kier alpha value is -1.33. The van der Waals surface area contributed by atoms with E-state index in [1.54, 1.807) is 6.07 Å². The molecule has 0 aromatic heterocycles.